The number of hydrogen-bond acceptors (Lipinski definition) is 8. The monoisotopic (exact) mass is 514 g/mol. The van der Waals surface area contributed by atoms with Gasteiger partial charge in [0.1, 0.15) is 32.3 Å². The average Bonchev–Trinajstić information content (AvgIpc) is 2.67. The number of hydrogen-bond donors (Lipinski definition) is 4. The first kappa shape index (κ1) is 24.6. The fourth-order valence-electron chi connectivity index (χ4n) is 2.71. The molecule has 0 bridgehead atoms. The van der Waals surface area contributed by atoms with Gasteiger partial charge in [-0.1, -0.05) is 0 Å². The first-order chi connectivity index (χ1) is 14.0. The quantitative estimate of drug-likeness (QED) is 0.229. The van der Waals surface area contributed by atoms with Crippen LogP contribution in [0.4, 0.5) is 0 Å². The van der Waals surface area contributed by atoms with Gasteiger partial charge in [0.25, 0.3) is 20.2 Å². The Morgan fingerprint density at radius 3 is 1.29 bits per heavy atom. The molecular formula is C18H14N2O8S2Zn. The van der Waals surface area contributed by atoms with Crippen molar-refractivity contribution in [2.75, 3.05) is 0 Å². The number of fused-ring (bicyclic) bond motifs is 2. The Kier molecular flexibility index (Phi) is 7.30. The van der Waals surface area contributed by atoms with Crippen LogP contribution in [0, 0.1) is 0 Å². The van der Waals surface area contributed by atoms with Crippen LogP contribution in [0.2, 0.25) is 0 Å². The summed E-state index contributed by atoms with van der Waals surface area (Å²) in [7, 11) is -8.59. The maximum Gasteiger partial charge on any atom is 0.295 e. The molecule has 10 nitrogen and oxygen atoms in total. The van der Waals surface area contributed by atoms with Crippen molar-refractivity contribution in [3.8, 4) is 11.5 Å². The SMILES string of the molecule is O=S(=O)(O)c1ccc(O)c2ncccc12.O=S(=O)(O)c1ccc(O)c2ncccc12.[Zn]. The molecule has 2 aromatic heterocycles. The van der Waals surface area contributed by atoms with Crippen LogP contribution >= 0.6 is 0 Å². The largest absolute Gasteiger partial charge is 0.506 e. The first-order valence-corrected chi connectivity index (χ1v) is 11.0. The van der Waals surface area contributed by atoms with Crippen LogP contribution in [0.3, 0.4) is 0 Å². The molecule has 4 aromatic rings. The number of benzene rings is 2. The normalized spacial score (nSPS) is 11.4. The van der Waals surface area contributed by atoms with Crippen molar-refractivity contribution in [3.05, 3.63) is 60.9 Å². The van der Waals surface area contributed by atoms with Gasteiger partial charge < -0.3 is 10.2 Å². The molecular weight excluding hydrogens is 502 g/mol. The van der Waals surface area contributed by atoms with Gasteiger partial charge in [0.05, 0.1) is 0 Å². The minimum atomic E-state index is -4.30. The Morgan fingerprint density at radius 1 is 0.613 bits per heavy atom. The summed E-state index contributed by atoms with van der Waals surface area (Å²) in [5.41, 5.74) is 0.292. The third kappa shape index (κ3) is 5.32. The smallest absolute Gasteiger partial charge is 0.295 e. The Bertz CT molecular complexity index is 1360. The second-order valence-corrected chi connectivity index (χ2v) is 8.69. The topological polar surface area (TPSA) is 175 Å². The maximum atomic E-state index is 11.0. The number of nitrogens with zero attached hydrogens (tertiary/aromatic N) is 2. The molecule has 31 heavy (non-hydrogen) atoms. The summed E-state index contributed by atoms with van der Waals surface area (Å²) in [4.78, 5) is 7.14. The number of phenols is 2. The van der Waals surface area contributed by atoms with Gasteiger partial charge in [0.15, 0.2) is 0 Å². The molecule has 0 fully saturated rings. The minimum absolute atomic E-state index is 0. The van der Waals surface area contributed by atoms with Gasteiger partial charge in [-0.15, -0.1) is 0 Å². The number of rotatable bonds is 2. The van der Waals surface area contributed by atoms with Crippen molar-refractivity contribution < 1.29 is 55.6 Å². The van der Waals surface area contributed by atoms with Gasteiger partial charge in [-0.2, -0.15) is 16.8 Å². The van der Waals surface area contributed by atoms with E-state index in [-0.39, 0.29) is 62.6 Å². The molecule has 0 aliphatic rings. The molecule has 4 rings (SSSR count). The van der Waals surface area contributed by atoms with Crippen LogP contribution < -0.4 is 0 Å². The summed E-state index contributed by atoms with van der Waals surface area (Å²) in [5, 5.41) is 19.2. The van der Waals surface area contributed by atoms with Crippen molar-refractivity contribution in [2.45, 2.75) is 9.79 Å². The minimum Gasteiger partial charge on any atom is -0.506 e. The summed E-state index contributed by atoms with van der Waals surface area (Å²) >= 11 is 0. The van der Waals surface area contributed by atoms with Crippen LogP contribution in [0.15, 0.2) is 70.7 Å². The maximum absolute atomic E-state index is 11.0. The molecule has 0 spiro atoms. The van der Waals surface area contributed by atoms with Crippen LogP contribution in [0.1, 0.15) is 0 Å². The molecule has 13 heteroatoms. The van der Waals surface area contributed by atoms with Gasteiger partial charge in [0.2, 0.25) is 0 Å². The molecule has 158 valence electrons. The average molecular weight is 516 g/mol. The van der Waals surface area contributed by atoms with Crippen LogP contribution in [-0.4, -0.2) is 46.1 Å². The molecule has 0 saturated carbocycles. The Morgan fingerprint density at radius 2 is 0.968 bits per heavy atom. The molecule has 2 aromatic carbocycles. The second-order valence-electron chi connectivity index (χ2n) is 5.91. The zero-order valence-electron chi connectivity index (χ0n) is 15.6. The van der Waals surface area contributed by atoms with E-state index in [1.165, 1.54) is 48.8 Å². The number of aromatic hydroxyl groups is 2. The standard InChI is InChI=1S/2C9H7NO4S.Zn/c2*11-7-3-4-8(15(12,13)14)6-2-1-5-10-9(6)7;/h2*1-5,11H,(H,12,13,14);. The summed E-state index contributed by atoms with van der Waals surface area (Å²) in [6.07, 6.45) is 2.85. The van der Waals surface area contributed by atoms with Crippen LogP contribution in [0.5, 0.6) is 11.5 Å². The van der Waals surface area contributed by atoms with Gasteiger partial charge in [-0.25, -0.2) is 0 Å². The molecule has 0 saturated heterocycles. The van der Waals surface area contributed by atoms with Crippen LogP contribution in [-0.2, 0) is 39.7 Å². The van der Waals surface area contributed by atoms with Gasteiger partial charge in [-0.3, -0.25) is 19.1 Å². The third-order valence-corrected chi connectivity index (χ3v) is 5.80. The van der Waals surface area contributed by atoms with Gasteiger partial charge in [-0.05, 0) is 48.5 Å². The Hall–Kier alpha value is -2.70. The van der Waals surface area contributed by atoms with Crippen molar-refractivity contribution in [3.63, 3.8) is 0 Å². The predicted octanol–water partition coefficient (Wildman–Crippen LogP) is 2.37. The molecule has 0 atom stereocenters. The summed E-state index contributed by atoms with van der Waals surface area (Å²) < 4.78 is 61.9. The fraction of sp³-hybridized carbons (Fsp3) is 0. The van der Waals surface area contributed by atoms with Gasteiger partial charge in [0, 0.05) is 42.6 Å². The van der Waals surface area contributed by atoms with Crippen molar-refractivity contribution in [2.24, 2.45) is 0 Å². The van der Waals surface area contributed by atoms with E-state index in [1.807, 2.05) is 0 Å². The predicted molar refractivity (Wildman–Crippen MR) is 106 cm³/mol. The molecule has 0 aliphatic heterocycles. The molecule has 0 radical (unpaired) electrons. The number of aromatic nitrogens is 2. The summed E-state index contributed by atoms with van der Waals surface area (Å²) in [6.45, 7) is 0. The van der Waals surface area contributed by atoms with Crippen molar-refractivity contribution >= 4 is 42.0 Å². The fourth-order valence-corrected chi connectivity index (χ4v) is 4.08. The first-order valence-electron chi connectivity index (χ1n) is 8.08. The van der Waals surface area contributed by atoms with E-state index < -0.39 is 20.2 Å². The van der Waals surface area contributed by atoms with Crippen LogP contribution in [0.25, 0.3) is 21.8 Å². The van der Waals surface area contributed by atoms with E-state index in [0.29, 0.717) is 0 Å². The third-order valence-electron chi connectivity index (χ3n) is 3.97. The zero-order chi connectivity index (χ0) is 22.1. The summed E-state index contributed by atoms with van der Waals surface area (Å²) in [6, 6.07) is 10.6. The van der Waals surface area contributed by atoms with Crippen molar-refractivity contribution in [1.82, 2.24) is 9.97 Å². The Balaban J connectivity index is 0.000000213. The number of pyridine rings is 2. The van der Waals surface area contributed by atoms with E-state index in [0.717, 1.165) is 12.1 Å². The number of phenolic OH excluding ortho intramolecular Hbond substituents is 2. The summed E-state index contributed by atoms with van der Waals surface area (Å²) in [5.74, 6) is -0.254. The molecule has 2 heterocycles. The van der Waals surface area contributed by atoms with E-state index >= 15 is 0 Å². The molecule has 4 N–H and O–H groups in total. The second kappa shape index (κ2) is 9.20. The van der Waals surface area contributed by atoms with Gasteiger partial charge >= 0.3 is 0 Å². The van der Waals surface area contributed by atoms with E-state index in [9.17, 15) is 27.0 Å². The molecule has 0 unspecified atom stereocenters. The molecule has 0 amide bonds. The van der Waals surface area contributed by atoms with E-state index in [2.05, 4.69) is 9.97 Å². The Labute approximate surface area is 189 Å². The molecule has 0 aliphatic carbocycles. The van der Waals surface area contributed by atoms with E-state index in [4.69, 9.17) is 9.11 Å². The zero-order valence-corrected chi connectivity index (χ0v) is 20.2. The van der Waals surface area contributed by atoms with Crippen molar-refractivity contribution in [1.29, 1.82) is 0 Å². The van der Waals surface area contributed by atoms with E-state index in [1.54, 1.807) is 0 Å².